The topological polar surface area (TPSA) is 38.0 Å². The molecule has 0 aromatic heterocycles. The van der Waals surface area contributed by atoms with Gasteiger partial charge in [-0.1, -0.05) is 34.6 Å². The van der Waals surface area contributed by atoms with Crippen molar-refractivity contribution in [3.63, 3.8) is 0 Å². The second kappa shape index (κ2) is 5.30. The van der Waals surface area contributed by atoms with Crippen molar-refractivity contribution in [2.45, 2.75) is 56.4 Å². The zero-order valence-electron chi connectivity index (χ0n) is 10.4. The summed E-state index contributed by atoms with van der Waals surface area (Å²) in [6, 6.07) is 0.393. The average molecular weight is 248 g/mol. The van der Waals surface area contributed by atoms with Crippen molar-refractivity contribution in [3.8, 4) is 0 Å². The highest BCUT2D eigenvalue weighted by molar-refractivity contribution is 8.07. The second-order valence-electron chi connectivity index (χ2n) is 5.43. The van der Waals surface area contributed by atoms with Crippen LogP contribution < -0.4 is 11.3 Å². The van der Waals surface area contributed by atoms with Crippen LogP contribution in [0.2, 0.25) is 0 Å². The number of nitrogens with two attached hydrogens (primary N) is 1. The van der Waals surface area contributed by atoms with Crippen LogP contribution in [-0.2, 0) is 0 Å². The number of hydrogen-bond donors (Lipinski definition) is 2. The summed E-state index contributed by atoms with van der Waals surface area (Å²) in [4.78, 5) is 0. The van der Waals surface area contributed by atoms with Gasteiger partial charge < -0.3 is 0 Å². The van der Waals surface area contributed by atoms with E-state index in [1.807, 2.05) is 0 Å². The van der Waals surface area contributed by atoms with E-state index in [0.717, 1.165) is 10.5 Å². The Labute approximate surface area is 102 Å². The van der Waals surface area contributed by atoms with Crippen LogP contribution in [0.25, 0.3) is 0 Å². The molecule has 0 bridgehead atoms. The molecule has 1 saturated heterocycles. The Balaban J connectivity index is 2.63. The number of thioether (sulfide) groups is 2. The molecule has 0 radical (unpaired) electrons. The van der Waals surface area contributed by atoms with Gasteiger partial charge in [0.15, 0.2) is 0 Å². The molecule has 2 nitrogen and oxygen atoms in total. The van der Waals surface area contributed by atoms with E-state index in [2.05, 4.69) is 63.6 Å². The molecular formula is C11H24N2S2. The van der Waals surface area contributed by atoms with Gasteiger partial charge in [0.05, 0.1) is 0 Å². The molecule has 0 aromatic carbocycles. The standard InChI is InChI=1S/C11H24N2S2/c1-7-8(2)15-9(6-14-7)10(13-12)11(3,4)5/h7-10,13H,6,12H2,1-5H3. The van der Waals surface area contributed by atoms with Crippen molar-refractivity contribution in [3.05, 3.63) is 0 Å². The summed E-state index contributed by atoms with van der Waals surface area (Å²) >= 11 is 4.17. The van der Waals surface area contributed by atoms with E-state index in [-0.39, 0.29) is 5.41 Å². The first-order valence-corrected chi connectivity index (χ1v) is 7.58. The van der Waals surface area contributed by atoms with Crippen LogP contribution in [0.3, 0.4) is 0 Å². The fraction of sp³-hybridized carbons (Fsp3) is 1.00. The Kier molecular flexibility index (Phi) is 4.84. The molecule has 4 atom stereocenters. The quantitative estimate of drug-likeness (QED) is 0.582. The van der Waals surface area contributed by atoms with Crippen LogP contribution in [0.4, 0.5) is 0 Å². The minimum Gasteiger partial charge on any atom is -0.271 e. The summed E-state index contributed by atoms with van der Waals surface area (Å²) in [5.41, 5.74) is 3.24. The average Bonchev–Trinajstić information content (AvgIpc) is 2.10. The number of nitrogens with one attached hydrogen (secondary N) is 1. The van der Waals surface area contributed by atoms with Crippen LogP contribution >= 0.6 is 23.5 Å². The van der Waals surface area contributed by atoms with Gasteiger partial charge in [-0.25, -0.2) is 0 Å². The SMILES string of the molecule is CC1SCC(C(NN)C(C)(C)C)SC1C. The molecule has 1 fully saturated rings. The molecule has 0 amide bonds. The minimum absolute atomic E-state index is 0.229. The maximum atomic E-state index is 5.70. The van der Waals surface area contributed by atoms with E-state index in [4.69, 9.17) is 5.84 Å². The summed E-state index contributed by atoms with van der Waals surface area (Å²) in [5, 5.41) is 2.13. The Hall–Kier alpha value is 0.620. The van der Waals surface area contributed by atoms with Crippen molar-refractivity contribution in [1.29, 1.82) is 0 Å². The van der Waals surface area contributed by atoms with Gasteiger partial charge in [0.1, 0.15) is 0 Å². The Morgan fingerprint density at radius 2 is 1.87 bits per heavy atom. The summed E-state index contributed by atoms with van der Waals surface area (Å²) in [6.45, 7) is 11.4. The highest BCUT2D eigenvalue weighted by atomic mass is 32.2. The molecule has 0 spiro atoms. The molecule has 3 N–H and O–H groups in total. The number of rotatable bonds is 2. The Morgan fingerprint density at radius 3 is 2.27 bits per heavy atom. The Morgan fingerprint density at radius 1 is 1.27 bits per heavy atom. The van der Waals surface area contributed by atoms with Crippen molar-refractivity contribution in [2.24, 2.45) is 11.3 Å². The molecular weight excluding hydrogens is 224 g/mol. The summed E-state index contributed by atoms with van der Waals surface area (Å²) < 4.78 is 0. The van der Waals surface area contributed by atoms with Crippen molar-refractivity contribution < 1.29 is 0 Å². The van der Waals surface area contributed by atoms with Gasteiger partial charge >= 0.3 is 0 Å². The highest BCUT2D eigenvalue weighted by Crippen LogP contribution is 2.40. The fourth-order valence-electron chi connectivity index (χ4n) is 1.90. The van der Waals surface area contributed by atoms with Crippen LogP contribution in [0, 0.1) is 5.41 Å². The molecule has 15 heavy (non-hydrogen) atoms. The van der Waals surface area contributed by atoms with E-state index in [1.165, 1.54) is 5.75 Å². The third kappa shape index (κ3) is 3.55. The lowest BCUT2D eigenvalue weighted by atomic mass is 9.85. The molecule has 90 valence electrons. The zero-order chi connectivity index (χ0) is 11.6. The van der Waals surface area contributed by atoms with Gasteiger partial charge in [-0.2, -0.15) is 23.5 Å². The molecule has 1 heterocycles. The molecule has 4 heteroatoms. The van der Waals surface area contributed by atoms with Crippen LogP contribution in [0.5, 0.6) is 0 Å². The predicted molar refractivity (Wildman–Crippen MR) is 73.3 cm³/mol. The third-order valence-electron chi connectivity index (χ3n) is 3.06. The monoisotopic (exact) mass is 248 g/mol. The molecule has 1 aliphatic rings. The number of hydrogen-bond acceptors (Lipinski definition) is 4. The van der Waals surface area contributed by atoms with Gasteiger partial charge in [0.2, 0.25) is 0 Å². The first-order valence-electron chi connectivity index (χ1n) is 5.59. The largest absolute Gasteiger partial charge is 0.271 e. The Bertz CT molecular complexity index is 203. The molecule has 0 aliphatic carbocycles. The van der Waals surface area contributed by atoms with Crippen molar-refractivity contribution >= 4 is 23.5 Å². The zero-order valence-corrected chi connectivity index (χ0v) is 12.0. The summed E-state index contributed by atoms with van der Waals surface area (Å²) in [5.74, 6) is 6.91. The smallest absolute Gasteiger partial charge is 0.0385 e. The van der Waals surface area contributed by atoms with Crippen LogP contribution in [0.1, 0.15) is 34.6 Å². The molecule has 1 rings (SSSR count). The predicted octanol–water partition coefficient (Wildman–Crippen LogP) is 2.49. The third-order valence-corrected chi connectivity index (χ3v) is 6.55. The normalized spacial score (nSPS) is 35.2. The van der Waals surface area contributed by atoms with Gasteiger partial charge in [-0.3, -0.25) is 11.3 Å². The number of hydrazine groups is 1. The van der Waals surface area contributed by atoms with E-state index in [9.17, 15) is 0 Å². The van der Waals surface area contributed by atoms with Crippen LogP contribution in [0.15, 0.2) is 0 Å². The van der Waals surface area contributed by atoms with Gasteiger partial charge in [-0.05, 0) is 5.41 Å². The lowest BCUT2D eigenvalue weighted by Crippen LogP contribution is -2.53. The summed E-state index contributed by atoms with van der Waals surface area (Å²) in [6.07, 6.45) is 0. The molecule has 0 aromatic rings. The first-order chi connectivity index (χ1) is 6.86. The first kappa shape index (κ1) is 13.7. The fourth-order valence-corrected chi connectivity index (χ4v) is 5.25. The van der Waals surface area contributed by atoms with E-state index >= 15 is 0 Å². The van der Waals surface area contributed by atoms with E-state index in [0.29, 0.717) is 11.3 Å². The summed E-state index contributed by atoms with van der Waals surface area (Å²) in [7, 11) is 0. The maximum absolute atomic E-state index is 5.70. The highest BCUT2D eigenvalue weighted by Gasteiger charge is 2.36. The van der Waals surface area contributed by atoms with Crippen LogP contribution in [-0.4, -0.2) is 27.5 Å². The lowest BCUT2D eigenvalue weighted by molar-refractivity contribution is 0.270. The van der Waals surface area contributed by atoms with Gasteiger partial charge in [-0.15, -0.1) is 0 Å². The second-order valence-corrected chi connectivity index (χ2v) is 8.46. The van der Waals surface area contributed by atoms with Crippen molar-refractivity contribution in [1.82, 2.24) is 5.43 Å². The van der Waals surface area contributed by atoms with E-state index < -0.39 is 0 Å². The van der Waals surface area contributed by atoms with Gasteiger partial charge in [0, 0.05) is 27.5 Å². The van der Waals surface area contributed by atoms with E-state index in [1.54, 1.807) is 0 Å². The van der Waals surface area contributed by atoms with Crippen molar-refractivity contribution in [2.75, 3.05) is 5.75 Å². The molecule has 0 saturated carbocycles. The molecule has 4 unspecified atom stereocenters. The van der Waals surface area contributed by atoms with Gasteiger partial charge in [0.25, 0.3) is 0 Å². The molecule has 1 aliphatic heterocycles. The maximum Gasteiger partial charge on any atom is 0.0385 e. The minimum atomic E-state index is 0.229. The lowest BCUT2D eigenvalue weighted by Gasteiger charge is -2.41.